The minimum atomic E-state index is -0.244. The SMILES string of the molecule is CCOc1cc(/C=N\N2C(=O)[C@@H]3[C@H]4C=C[C@@H]([C@@H]5C[C@H]45)[C@@H]3C2=O)cc(I)c1OCc1ccc(Br)cc1. The number of ether oxygens (including phenoxy) is 2. The molecule has 4 aliphatic carbocycles. The predicted octanol–water partition coefficient (Wildman–Crippen LogP) is 5.42. The minimum absolute atomic E-state index is 0.157. The molecular formula is C27H24BrIN2O4. The molecule has 1 heterocycles. The summed E-state index contributed by atoms with van der Waals surface area (Å²) in [6.45, 7) is 2.81. The van der Waals surface area contributed by atoms with Gasteiger partial charge in [0.1, 0.15) is 6.61 Å². The highest BCUT2D eigenvalue weighted by atomic mass is 127. The van der Waals surface area contributed by atoms with Gasteiger partial charge in [-0.05, 0) is 95.0 Å². The number of amides is 2. The number of nitrogens with zero attached hydrogens (tertiary/aromatic N) is 2. The second kappa shape index (κ2) is 9.03. The molecule has 6 nitrogen and oxygen atoms in total. The monoisotopic (exact) mass is 646 g/mol. The van der Waals surface area contributed by atoms with Crippen LogP contribution in [0.15, 0.2) is 58.1 Å². The van der Waals surface area contributed by atoms with E-state index in [1.54, 1.807) is 6.21 Å². The van der Waals surface area contributed by atoms with E-state index >= 15 is 0 Å². The van der Waals surface area contributed by atoms with E-state index in [0.29, 0.717) is 36.5 Å². The summed E-state index contributed by atoms with van der Waals surface area (Å²) in [5, 5.41) is 5.48. The fourth-order valence-corrected chi connectivity index (χ4v) is 7.03. The van der Waals surface area contributed by atoms with E-state index in [4.69, 9.17) is 9.47 Å². The van der Waals surface area contributed by atoms with Crippen molar-refractivity contribution in [2.24, 2.45) is 40.6 Å². The molecule has 180 valence electrons. The van der Waals surface area contributed by atoms with Crippen molar-refractivity contribution in [3.63, 3.8) is 0 Å². The molecule has 1 aliphatic heterocycles. The normalized spacial score (nSPS) is 30.1. The van der Waals surface area contributed by atoms with Crippen LogP contribution < -0.4 is 9.47 Å². The van der Waals surface area contributed by atoms with Gasteiger partial charge in [-0.2, -0.15) is 10.1 Å². The second-order valence-electron chi connectivity index (χ2n) is 9.57. The van der Waals surface area contributed by atoms with E-state index in [-0.39, 0.29) is 35.5 Å². The number of hydrazone groups is 1. The van der Waals surface area contributed by atoms with Crippen LogP contribution in [0.3, 0.4) is 0 Å². The number of rotatable bonds is 7. The van der Waals surface area contributed by atoms with Crippen molar-refractivity contribution in [3.8, 4) is 11.5 Å². The van der Waals surface area contributed by atoms with E-state index in [1.165, 1.54) is 0 Å². The van der Waals surface area contributed by atoms with Gasteiger partial charge in [0.05, 0.1) is 28.2 Å². The molecule has 2 amide bonds. The third-order valence-electron chi connectivity index (χ3n) is 7.59. The molecule has 0 radical (unpaired) electrons. The first-order chi connectivity index (χ1) is 17.0. The summed E-state index contributed by atoms with van der Waals surface area (Å²) in [6, 6.07) is 11.7. The summed E-state index contributed by atoms with van der Waals surface area (Å²) < 4.78 is 13.8. The molecule has 8 heteroatoms. The van der Waals surface area contributed by atoms with Crippen LogP contribution in [-0.2, 0) is 16.2 Å². The van der Waals surface area contributed by atoms with Crippen molar-refractivity contribution < 1.29 is 19.1 Å². The zero-order chi connectivity index (χ0) is 24.3. The molecule has 2 aromatic carbocycles. The number of imide groups is 1. The topological polar surface area (TPSA) is 68.2 Å². The van der Waals surface area contributed by atoms with Crippen LogP contribution in [0.4, 0.5) is 0 Å². The lowest BCUT2D eigenvalue weighted by Crippen LogP contribution is -2.40. The maximum atomic E-state index is 13.2. The van der Waals surface area contributed by atoms with Crippen LogP contribution in [0, 0.1) is 39.1 Å². The van der Waals surface area contributed by atoms with Crippen molar-refractivity contribution in [2.45, 2.75) is 20.0 Å². The van der Waals surface area contributed by atoms with Gasteiger partial charge in [0.2, 0.25) is 0 Å². The van der Waals surface area contributed by atoms with Gasteiger partial charge in [-0.1, -0.05) is 40.2 Å². The Balaban J connectivity index is 1.21. The van der Waals surface area contributed by atoms with Gasteiger partial charge >= 0.3 is 0 Å². The van der Waals surface area contributed by atoms with E-state index in [1.807, 2.05) is 43.3 Å². The molecule has 2 saturated carbocycles. The average Bonchev–Trinajstić information content (AvgIpc) is 3.63. The Bertz CT molecular complexity index is 1220. The van der Waals surface area contributed by atoms with E-state index in [0.717, 1.165) is 30.6 Å². The van der Waals surface area contributed by atoms with Crippen LogP contribution in [0.5, 0.6) is 11.5 Å². The Morgan fingerprint density at radius 1 is 1.06 bits per heavy atom. The standard InChI is InChI=1S/C27H24BrIN2O4/c1-2-34-22-10-15(9-21(29)25(22)35-13-14-3-5-16(28)6-4-14)12-30-31-26(32)23-17-7-8-18(20-11-19(17)20)24(23)27(31)33/h3-10,12,17-20,23-24H,2,11,13H2,1H3/b30-12-/t17-,18-,19-,20+,23-,24+/m0/s1. The van der Waals surface area contributed by atoms with Crippen molar-refractivity contribution in [2.75, 3.05) is 6.61 Å². The number of benzene rings is 2. The van der Waals surface area contributed by atoms with Gasteiger partial charge in [-0.25, -0.2) is 0 Å². The first-order valence-electron chi connectivity index (χ1n) is 11.9. The molecule has 0 spiro atoms. The number of carbonyl (C=O) groups excluding carboxylic acids is 2. The van der Waals surface area contributed by atoms with Gasteiger partial charge in [-0.3, -0.25) is 9.59 Å². The quantitative estimate of drug-likeness (QED) is 0.174. The highest BCUT2D eigenvalue weighted by molar-refractivity contribution is 14.1. The second-order valence-corrected chi connectivity index (χ2v) is 11.6. The van der Waals surface area contributed by atoms with Gasteiger partial charge in [-0.15, -0.1) is 0 Å². The molecule has 2 aromatic rings. The highest BCUT2D eigenvalue weighted by Crippen LogP contribution is 2.65. The molecule has 0 aromatic heterocycles. The Hall–Kier alpha value is -2.20. The van der Waals surface area contributed by atoms with Crippen LogP contribution >= 0.6 is 38.5 Å². The van der Waals surface area contributed by atoms with Gasteiger partial charge < -0.3 is 9.47 Å². The van der Waals surface area contributed by atoms with Gasteiger partial charge in [0.15, 0.2) is 11.5 Å². The van der Waals surface area contributed by atoms with E-state index < -0.39 is 0 Å². The molecular weight excluding hydrogens is 623 g/mol. The number of hydrogen-bond donors (Lipinski definition) is 0. The van der Waals surface area contributed by atoms with E-state index in [9.17, 15) is 9.59 Å². The Kier molecular flexibility index (Phi) is 5.99. The average molecular weight is 647 g/mol. The summed E-state index contributed by atoms with van der Waals surface area (Å²) in [7, 11) is 0. The van der Waals surface area contributed by atoms with Crippen molar-refractivity contribution in [3.05, 3.63) is 67.7 Å². The van der Waals surface area contributed by atoms with Crippen LogP contribution in [-0.4, -0.2) is 29.6 Å². The summed E-state index contributed by atoms with van der Waals surface area (Å²) in [5.74, 6) is 2.00. The molecule has 6 atom stereocenters. The molecule has 3 fully saturated rings. The first-order valence-corrected chi connectivity index (χ1v) is 13.8. The number of carbonyl (C=O) groups is 2. The zero-order valence-electron chi connectivity index (χ0n) is 19.1. The molecule has 0 unspecified atom stereocenters. The minimum Gasteiger partial charge on any atom is -0.490 e. The molecule has 1 saturated heterocycles. The molecule has 2 bridgehead atoms. The van der Waals surface area contributed by atoms with Crippen LogP contribution in [0.1, 0.15) is 24.5 Å². The summed E-state index contributed by atoms with van der Waals surface area (Å²) >= 11 is 5.66. The van der Waals surface area contributed by atoms with Crippen molar-refractivity contribution >= 4 is 56.5 Å². The van der Waals surface area contributed by atoms with Gasteiger partial charge in [0.25, 0.3) is 11.8 Å². The van der Waals surface area contributed by atoms with E-state index in [2.05, 4.69) is 55.8 Å². The largest absolute Gasteiger partial charge is 0.490 e. The Labute approximate surface area is 226 Å². The lowest BCUT2D eigenvalue weighted by atomic mass is 9.63. The summed E-state index contributed by atoms with van der Waals surface area (Å²) in [5.41, 5.74) is 1.79. The fourth-order valence-electron chi connectivity index (χ4n) is 5.98. The third kappa shape index (κ3) is 4.02. The molecule has 7 rings (SSSR count). The molecule has 0 N–H and O–H groups in total. The lowest BCUT2D eigenvalue weighted by molar-refractivity contribution is -0.140. The maximum Gasteiger partial charge on any atom is 0.254 e. The van der Waals surface area contributed by atoms with Crippen molar-refractivity contribution in [1.29, 1.82) is 0 Å². The molecule has 5 aliphatic rings. The smallest absolute Gasteiger partial charge is 0.254 e. The van der Waals surface area contributed by atoms with Gasteiger partial charge in [0, 0.05) is 4.47 Å². The maximum absolute atomic E-state index is 13.2. The summed E-state index contributed by atoms with van der Waals surface area (Å²) in [6.07, 6.45) is 7.06. The third-order valence-corrected chi connectivity index (χ3v) is 8.92. The lowest BCUT2D eigenvalue weighted by Gasteiger charge is -2.37. The summed E-state index contributed by atoms with van der Waals surface area (Å²) in [4.78, 5) is 26.3. The Morgan fingerprint density at radius 3 is 2.34 bits per heavy atom. The fraction of sp³-hybridized carbons (Fsp3) is 0.370. The first kappa shape index (κ1) is 23.2. The number of hydrogen-bond acceptors (Lipinski definition) is 5. The predicted molar refractivity (Wildman–Crippen MR) is 143 cm³/mol. The number of allylic oxidation sites excluding steroid dienone is 2. The zero-order valence-corrected chi connectivity index (χ0v) is 22.8. The van der Waals surface area contributed by atoms with Crippen LogP contribution in [0.2, 0.25) is 0 Å². The van der Waals surface area contributed by atoms with Crippen LogP contribution in [0.25, 0.3) is 0 Å². The van der Waals surface area contributed by atoms with Crippen molar-refractivity contribution in [1.82, 2.24) is 5.01 Å². The Morgan fingerprint density at radius 2 is 1.71 bits per heavy atom. The number of halogens is 2. The molecule has 35 heavy (non-hydrogen) atoms. The highest BCUT2D eigenvalue weighted by Gasteiger charge is 2.67.